The molecule has 0 radical (unpaired) electrons. The summed E-state index contributed by atoms with van der Waals surface area (Å²) in [6, 6.07) is 1.24. The Morgan fingerprint density at radius 1 is 1.61 bits per heavy atom. The quantitative estimate of drug-likeness (QED) is 0.761. The molecule has 0 saturated carbocycles. The van der Waals surface area contributed by atoms with Crippen LogP contribution in [0.3, 0.4) is 0 Å². The molecule has 0 bridgehead atoms. The average Bonchev–Trinajstić information content (AvgIpc) is 2.63. The van der Waals surface area contributed by atoms with Crippen molar-refractivity contribution >= 4 is 21.8 Å². The van der Waals surface area contributed by atoms with Crippen LogP contribution < -0.4 is 4.72 Å². The van der Waals surface area contributed by atoms with E-state index in [1.165, 1.54) is 11.8 Å². The van der Waals surface area contributed by atoms with Gasteiger partial charge in [0.2, 0.25) is 10.0 Å². The Kier molecular flexibility index (Phi) is 5.64. The lowest BCUT2D eigenvalue weighted by atomic mass is 10.3. The predicted octanol–water partition coefficient (Wildman–Crippen LogP) is 0.515. The summed E-state index contributed by atoms with van der Waals surface area (Å²) >= 11 is 1.42. The van der Waals surface area contributed by atoms with E-state index in [9.17, 15) is 8.42 Å². The number of aliphatic hydroxyl groups is 1. The highest BCUT2D eigenvalue weighted by atomic mass is 32.2. The van der Waals surface area contributed by atoms with Gasteiger partial charge in [-0.15, -0.1) is 0 Å². The van der Waals surface area contributed by atoms with Gasteiger partial charge in [-0.05, 0) is 20.1 Å². The normalized spacial score (nSPS) is 15.6. The molecule has 1 aromatic heterocycles. The lowest BCUT2D eigenvalue weighted by Crippen LogP contribution is -2.41. The smallest absolute Gasteiger partial charge is 0.217 e. The lowest BCUT2D eigenvalue weighted by molar-refractivity contribution is 0.282. The van der Waals surface area contributed by atoms with Crippen LogP contribution in [0.2, 0.25) is 0 Å². The number of sulfonamides is 1. The Morgan fingerprint density at radius 3 is 2.72 bits per heavy atom. The molecular weight excluding hydrogens is 276 g/mol. The summed E-state index contributed by atoms with van der Waals surface area (Å²) < 4.78 is 31.1. The Bertz CT molecular complexity index is 468. The van der Waals surface area contributed by atoms with Crippen LogP contribution in [-0.4, -0.2) is 42.8 Å². The van der Waals surface area contributed by atoms with Crippen LogP contribution in [0.5, 0.6) is 0 Å². The third kappa shape index (κ3) is 4.60. The van der Waals surface area contributed by atoms with Gasteiger partial charge < -0.3 is 9.63 Å². The lowest BCUT2D eigenvalue weighted by Gasteiger charge is -2.20. The van der Waals surface area contributed by atoms with Gasteiger partial charge in [0.05, 0.1) is 6.61 Å². The first-order valence-corrected chi connectivity index (χ1v) is 8.38. The molecule has 0 amide bonds. The number of rotatable bonds is 7. The van der Waals surface area contributed by atoms with Crippen LogP contribution in [0, 0.1) is 6.92 Å². The Morgan fingerprint density at radius 2 is 2.28 bits per heavy atom. The first kappa shape index (κ1) is 15.5. The van der Waals surface area contributed by atoms with E-state index in [0.717, 1.165) is 0 Å². The fourth-order valence-corrected chi connectivity index (χ4v) is 3.57. The highest BCUT2D eigenvalue weighted by Gasteiger charge is 2.22. The number of hydrogen-bond donors (Lipinski definition) is 2. The summed E-state index contributed by atoms with van der Waals surface area (Å²) in [5.41, 5.74) is 0.372. The fourth-order valence-electron chi connectivity index (χ4n) is 1.52. The van der Waals surface area contributed by atoms with Gasteiger partial charge in [-0.1, -0.05) is 5.16 Å². The predicted molar refractivity (Wildman–Crippen MR) is 70.9 cm³/mol. The molecule has 1 aromatic rings. The van der Waals surface area contributed by atoms with Crippen LogP contribution in [0.4, 0.5) is 0 Å². The summed E-state index contributed by atoms with van der Waals surface area (Å²) in [5, 5.41) is 12.6. The van der Waals surface area contributed by atoms with E-state index < -0.39 is 10.0 Å². The molecule has 0 fully saturated rings. The molecule has 6 nitrogen and oxygen atoms in total. The van der Waals surface area contributed by atoms with E-state index in [1.54, 1.807) is 19.9 Å². The minimum atomic E-state index is -3.48. The van der Waals surface area contributed by atoms with Gasteiger partial charge in [0.1, 0.15) is 17.2 Å². The van der Waals surface area contributed by atoms with Crippen LogP contribution in [0.25, 0.3) is 0 Å². The van der Waals surface area contributed by atoms with Gasteiger partial charge in [-0.25, -0.2) is 13.1 Å². The highest BCUT2D eigenvalue weighted by Crippen LogP contribution is 2.12. The van der Waals surface area contributed by atoms with Crippen LogP contribution in [-0.2, 0) is 15.8 Å². The number of hydrogen-bond acceptors (Lipinski definition) is 6. The summed E-state index contributed by atoms with van der Waals surface area (Å²) in [4.78, 5) is 0. The zero-order valence-electron chi connectivity index (χ0n) is 10.6. The third-order valence-electron chi connectivity index (χ3n) is 2.42. The summed E-state index contributed by atoms with van der Waals surface area (Å²) in [7, 11) is -3.48. The second-order valence-electron chi connectivity index (χ2n) is 4.05. The number of aryl methyl sites for hydroxylation is 1. The molecule has 18 heavy (non-hydrogen) atoms. The number of aromatic nitrogens is 1. The Balaban J connectivity index is 2.64. The largest absolute Gasteiger partial charge is 0.395 e. The van der Waals surface area contributed by atoms with Crippen LogP contribution in [0.1, 0.15) is 18.4 Å². The molecule has 1 rings (SSSR count). The maximum atomic E-state index is 11.9. The molecule has 0 spiro atoms. The van der Waals surface area contributed by atoms with Crippen molar-refractivity contribution < 1.29 is 18.0 Å². The molecule has 1 heterocycles. The van der Waals surface area contributed by atoms with Crippen molar-refractivity contribution in [2.75, 3.05) is 12.9 Å². The van der Waals surface area contributed by atoms with E-state index in [2.05, 4.69) is 9.88 Å². The second-order valence-corrected chi connectivity index (χ2v) is 6.88. The van der Waals surface area contributed by atoms with Crippen molar-refractivity contribution in [2.45, 2.75) is 30.9 Å². The van der Waals surface area contributed by atoms with Gasteiger partial charge >= 0.3 is 0 Å². The Labute approximate surface area is 111 Å². The summed E-state index contributed by atoms with van der Waals surface area (Å²) in [6.45, 7) is 3.35. The van der Waals surface area contributed by atoms with Crippen molar-refractivity contribution in [3.8, 4) is 0 Å². The molecular formula is C10H18N2O4S2. The minimum absolute atomic E-state index is 0.0755. The van der Waals surface area contributed by atoms with Crippen molar-refractivity contribution in [3.05, 3.63) is 17.5 Å². The maximum absolute atomic E-state index is 11.9. The summed E-state index contributed by atoms with van der Waals surface area (Å²) in [5.74, 6) is 0.354. The number of nitrogens with zero attached hydrogens (tertiary/aromatic N) is 1. The van der Waals surface area contributed by atoms with Crippen molar-refractivity contribution in [1.82, 2.24) is 9.88 Å². The first-order valence-electron chi connectivity index (χ1n) is 5.44. The van der Waals surface area contributed by atoms with E-state index in [4.69, 9.17) is 9.63 Å². The number of thioether (sulfide) groups is 1. The molecule has 0 aliphatic rings. The molecule has 0 saturated heterocycles. The maximum Gasteiger partial charge on any atom is 0.217 e. The summed E-state index contributed by atoms with van der Waals surface area (Å²) in [6.07, 6.45) is 1.83. The van der Waals surface area contributed by atoms with Gasteiger partial charge in [0.15, 0.2) is 0 Å². The van der Waals surface area contributed by atoms with Crippen molar-refractivity contribution in [1.29, 1.82) is 0 Å². The molecule has 8 heteroatoms. The number of aliphatic hydroxyl groups excluding tert-OH is 1. The standard InChI is InChI=1S/C10H18N2O4S2/c1-7-4-9(11-16-7)6-18(14,15)12-8(2)10(5-13)17-3/h4,8,10,12-13H,5-6H2,1-3H3. The molecule has 2 atom stereocenters. The SMILES string of the molecule is CSC(CO)C(C)NS(=O)(=O)Cc1cc(C)on1. The van der Waals surface area contributed by atoms with Crippen molar-refractivity contribution in [3.63, 3.8) is 0 Å². The fraction of sp³-hybridized carbons (Fsp3) is 0.700. The topological polar surface area (TPSA) is 92.4 Å². The van der Waals surface area contributed by atoms with Gasteiger partial charge in [-0.3, -0.25) is 0 Å². The van der Waals surface area contributed by atoms with E-state index in [1.807, 2.05) is 6.26 Å². The molecule has 2 N–H and O–H groups in total. The van der Waals surface area contributed by atoms with Crippen LogP contribution in [0.15, 0.2) is 10.6 Å². The molecule has 0 aromatic carbocycles. The average molecular weight is 294 g/mol. The monoisotopic (exact) mass is 294 g/mol. The zero-order valence-corrected chi connectivity index (χ0v) is 12.2. The second kappa shape index (κ2) is 6.55. The van der Waals surface area contributed by atoms with Gasteiger partial charge in [-0.2, -0.15) is 11.8 Å². The van der Waals surface area contributed by atoms with E-state index in [-0.39, 0.29) is 23.7 Å². The Hall–Kier alpha value is -0.570. The zero-order chi connectivity index (χ0) is 13.8. The highest BCUT2D eigenvalue weighted by molar-refractivity contribution is 7.99. The van der Waals surface area contributed by atoms with Crippen LogP contribution >= 0.6 is 11.8 Å². The molecule has 2 unspecified atom stereocenters. The van der Waals surface area contributed by atoms with E-state index in [0.29, 0.717) is 11.5 Å². The third-order valence-corrected chi connectivity index (χ3v) is 4.99. The number of nitrogens with one attached hydrogen (secondary N) is 1. The molecule has 104 valence electrons. The minimum Gasteiger partial charge on any atom is -0.395 e. The molecule has 0 aliphatic heterocycles. The van der Waals surface area contributed by atoms with Crippen molar-refractivity contribution in [2.24, 2.45) is 0 Å². The first-order chi connectivity index (χ1) is 8.38. The van der Waals surface area contributed by atoms with E-state index >= 15 is 0 Å². The molecule has 0 aliphatic carbocycles. The van der Waals surface area contributed by atoms with Gasteiger partial charge in [0.25, 0.3) is 0 Å². The van der Waals surface area contributed by atoms with Gasteiger partial charge in [0, 0.05) is 17.4 Å².